The number of aryl methyl sites for hydroxylation is 1. The van der Waals surface area contributed by atoms with Gasteiger partial charge in [0.2, 0.25) is 0 Å². The number of halogens is 1. The first kappa shape index (κ1) is 18.6. The smallest absolute Gasteiger partial charge is 0.344 e. The summed E-state index contributed by atoms with van der Waals surface area (Å²) < 4.78 is 10.6. The molecule has 5 rings (SSSR count). The second-order valence-corrected chi connectivity index (χ2v) is 9.04. The van der Waals surface area contributed by atoms with Gasteiger partial charge in [0, 0.05) is 10.6 Å². The summed E-state index contributed by atoms with van der Waals surface area (Å²) in [6.07, 6.45) is 7.22. The van der Waals surface area contributed by atoms with E-state index in [1.165, 1.54) is 19.3 Å². The number of esters is 1. The molecule has 0 heterocycles. The molecule has 1 aromatic rings. The van der Waals surface area contributed by atoms with Gasteiger partial charge in [-0.25, -0.2) is 4.79 Å². The number of carbonyl (C=O) groups excluding carboxylic acids is 2. The summed E-state index contributed by atoms with van der Waals surface area (Å²) >= 11 is 5.90. The van der Waals surface area contributed by atoms with Crippen molar-refractivity contribution in [2.24, 2.45) is 17.8 Å². The third-order valence-electron chi connectivity index (χ3n) is 6.29. The van der Waals surface area contributed by atoms with Crippen LogP contribution in [-0.4, -0.2) is 30.6 Å². The number of hydrogen-bond acceptors (Lipinski definition) is 4. The number of benzene rings is 1. The molecule has 4 aliphatic rings. The predicted octanol–water partition coefficient (Wildman–Crippen LogP) is 3.66. The van der Waals surface area contributed by atoms with Gasteiger partial charge >= 0.3 is 5.97 Å². The summed E-state index contributed by atoms with van der Waals surface area (Å²) in [6, 6.07) is 5.18. The van der Waals surface area contributed by atoms with Gasteiger partial charge in [0.15, 0.2) is 13.2 Å². The SMILES string of the molecule is Cc1cc(Cl)ccc1OCC(=O)OCC(=O)NC12CC3CC(CC(C3)C1)C2. The Balaban J connectivity index is 1.23. The molecule has 4 bridgehead atoms. The second-order valence-electron chi connectivity index (χ2n) is 8.61. The fourth-order valence-corrected chi connectivity index (χ4v) is 5.92. The van der Waals surface area contributed by atoms with Crippen LogP contribution in [0.25, 0.3) is 0 Å². The number of carbonyl (C=O) groups is 2. The van der Waals surface area contributed by atoms with Crippen LogP contribution in [-0.2, 0) is 14.3 Å². The van der Waals surface area contributed by atoms with Crippen molar-refractivity contribution in [3.05, 3.63) is 28.8 Å². The molecule has 0 aromatic heterocycles. The van der Waals surface area contributed by atoms with Crippen molar-refractivity contribution >= 4 is 23.5 Å². The van der Waals surface area contributed by atoms with E-state index < -0.39 is 5.97 Å². The van der Waals surface area contributed by atoms with Crippen molar-refractivity contribution in [1.82, 2.24) is 5.32 Å². The van der Waals surface area contributed by atoms with E-state index in [2.05, 4.69) is 5.32 Å². The van der Waals surface area contributed by atoms with Crippen molar-refractivity contribution < 1.29 is 19.1 Å². The molecule has 4 saturated carbocycles. The Bertz CT molecular complexity index is 712. The Labute approximate surface area is 164 Å². The number of hydrogen-bond donors (Lipinski definition) is 1. The molecule has 4 fully saturated rings. The summed E-state index contributed by atoms with van der Waals surface area (Å²) in [6.45, 7) is 1.38. The van der Waals surface area contributed by atoms with Gasteiger partial charge < -0.3 is 14.8 Å². The molecule has 0 radical (unpaired) electrons. The molecule has 1 amide bonds. The average molecular weight is 392 g/mol. The number of rotatable bonds is 6. The van der Waals surface area contributed by atoms with Gasteiger partial charge in [0.05, 0.1) is 0 Å². The van der Waals surface area contributed by atoms with Crippen LogP contribution in [0.15, 0.2) is 18.2 Å². The minimum atomic E-state index is -0.551. The lowest BCUT2D eigenvalue weighted by atomic mass is 9.53. The Hall–Kier alpha value is -1.75. The molecule has 1 N–H and O–H groups in total. The molecular formula is C21H26ClNO4. The molecular weight excluding hydrogens is 366 g/mol. The van der Waals surface area contributed by atoms with Gasteiger partial charge in [-0.1, -0.05) is 11.6 Å². The molecule has 0 saturated heterocycles. The van der Waals surface area contributed by atoms with E-state index in [0.29, 0.717) is 10.8 Å². The van der Waals surface area contributed by atoms with E-state index in [1.54, 1.807) is 18.2 Å². The molecule has 0 atom stereocenters. The molecule has 0 aliphatic heterocycles. The topological polar surface area (TPSA) is 64.6 Å². The highest BCUT2D eigenvalue weighted by Crippen LogP contribution is 2.55. The molecule has 146 valence electrons. The van der Waals surface area contributed by atoms with Crippen LogP contribution in [0, 0.1) is 24.7 Å². The number of nitrogens with one attached hydrogen (secondary N) is 1. The van der Waals surface area contributed by atoms with Gasteiger partial charge in [0.25, 0.3) is 5.91 Å². The molecule has 0 unspecified atom stereocenters. The van der Waals surface area contributed by atoms with Crippen LogP contribution in [0.5, 0.6) is 5.75 Å². The van der Waals surface area contributed by atoms with Crippen LogP contribution < -0.4 is 10.1 Å². The fourth-order valence-electron chi connectivity index (χ4n) is 5.69. The van der Waals surface area contributed by atoms with Gasteiger partial charge in [-0.05, 0) is 87.0 Å². The number of ether oxygens (including phenoxy) is 2. The maximum atomic E-state index is 12.4. The first-order valence-corrected chi connectivity index (χ1v) is 10.1. The summed E-state index contributed by atoms with van der Waals surface area (Å²) in [4.78, 5) is 24.3. The third kappa shape index (κ3) is 4.23. The van der Waals surface area contributed by atoms with Crippen molar-refractivity contribution in [3.63, 3.8) is 0 Å². The van der Waals surface area contributed by atoms with Crippen LogP contribution in [0.1, 0.15) is 44.1 Å². The first-order chi connectivity index (χ1) is 12.9. The van der Waals surface area contributed by atoms with E-state index in [0.717, 1.165) is 42.6 Å². The van der Waals surface area contributed by atoms with Crippen molar-refractivity contribution in [2.45, 2.75) is 51.0 Å². The normalized spacial score (nSPS) is 30.8. The number of amides is 1. The van der Waals surface area contributed by atoms with E-state index in [9.17, 15) is 9.59 Å². The summed E-state index contributed by atoms with van der Waals surface area (Å²) in [5, 5.41) is 3.81. The van der Waals surface area contributed by atoms with Gasteiger partial charge in [0.1, 0.15) is 5.75 Å². The average Bonchev–Trinajstić information content (AvgIpc) is 2.57. The van der Waals surface area contributed by atoms with Crippen molar-refractivity contribution in [1.29, 1.82) is 0 Å². The van der Waals surface area contributed by atoms with Gasteiger partial charge in [-0.2, -0.15) is 0 Å². The zero-order chi connectivity index (χ0) is 19.0. The van der Waals surface area contributed by atoms with E-state index in [4.69, 9.17) is 21.1 Å². The first-order valence-electron chi connectivity index (χ1n) is 9.76. The Morgan fingerprint density at radius 2 is 1.74 bits per heavy atom. The highest BCUT2D eigenvalue weighted by Gasteiger charge is 2.51. The minimum absolute atomic E-state index is 0.0604. The van der Waals surface area contributed by atoms with Crippen LogP contribution in [0.3, 0.4) is 0 Å². The summed E-state index contributed by atoms with van der Waals surface area (Å²) in [7, 11) is 0. The lowest BCUT2D eigenvalue weighted by molar-refractivity contribution is -0.151. The lowest BCUT2D eigenvalue weighted by Crippen LogP contribution is -2.60. The van der Waals surface area contributed by atoms with E-state index >= 15 is 0 Å². The van der Waals surface area contributed by atoms with Crippen LogP contribution in [0.2, 0.25) is 5.02 Å². The standard InChI is InChI=1S/C21H26ClNO4/c1-13-4-17(22)2-3-18(13)26-12-20(25)27-11-19(24)23-21-8-14-5-15(9-21)7-16(6-14)10-21/h2-4,14-16H,5-12H2,1H3,(H,23,24). The maximum absolute atomic E-state index is 12.4. The molecule has 6 heteroatoms. The van der Waals surface area contributed by atoms with Gasteiger partial charge in [-0.15, -0.1) is 0 Å². The third-order valence-corrected chi connectivity index (χ3v) is 6.52. The Morgan fingerprint density at radius 3 is 2.33 bits per heavy atom. The Kier molecular flexibility index (Phi) is 5.06. The molecule has 0 spiro atoms. The summed E-state index contributed by atoms with van der Waals surface area (Å²) in [5.41, 5.74) is 0.782. The Morgan fingerprint density at radius 1 is 1.11 bits per heavy atom. The van der Waals surface area contributed by atoms with Crippen LogP contribution in [0.4, 0.5) is 0 Å². The fraction of sp³-hybridized carbons (Fsp3) is 0.619. The quantitative estimate of drug-likeness (QED) is 0.751. The summed E-state index contributed by atoms with van der Waals surface area (Å²) in [5.74, 6) is 2.10. The van der Waals surface area contributed by atoms with E-state index in [-0.39, 0.29) is 24.7 Å². The molecule has 5 nitrogen and oxygen atoms in total. The largest absolute Gasteiger partial charge is 0.482 e. The van der Waals surface area contributed by atoms with E-state index in [1.807, 2.05) is 6.92 Å². The zero-order valence-electron chi connectivity index (χ0n) is 15.6. The monoisotopic (exact) mass is 391 g/mol. The minimum Gasteiger partial charge on any atom is -0.482 e. The van der Waals surface area contributed by atoms with Gasteiger partial charge in [-0.3, -0.25) is 4.79 Å². The lowest BCUT2D eigenvalue weighted by Gasteiger charge is -2.56. The van der Waals surface area contributed by atoms with Crippen LogP contribution >= 0.6 is 11.6 Å². The molecule has 1 aromatic carbocycles. The van der Waals surface area contributed by atoms with Crippen molar-refractivity contribution in [3.8, 4) is 5.75 Å². The predicted molar refractivity (Wildman–Crippen MR) is 102 cm³/mol. The maximum Gasteiger partial charge on any atom is 0.344 e. The highest BCUT2D eigenvalue weighted by atomic mass is 35.5. The zero-order valence-corrected chi connectivity index (χ0v) is 16.4. The van der Waals surface area contributed by atoms with Crippen molar-refractivity contribution in [2.75, 3.05) is 13.2 Å². The highest BCUT2D eigenvalue weighted by molar-refractivity contribution is 6.30. The molecule has 27 heavy (non-hydrogen) atoms. The second kappa shape index (κ2) is 7.34. The molecule has 4 aliphatic carbocycles.